The first-order valence-electron chi connectivity index (χ1n) is 14.3. The standard InChI is InChI=1S/C30H35F2N7O3/c1-17-14-38-15-18(12-24(32)27(38)33-17)34-28(40)21-13-23(31)26(22-16-36(5)35-25(21)22)37-10-8-20(9-11-37)39(19-6-7-19)29(41)42-30(2,3)4/h12-16,19-20H,6-11H2,1-5H3,(H,34,40). The van der Waals surface area contributed by atoms with Gasteiger partial charge < -0.3 is 24.3 Å². The average Bonchev–Trinajstić information content (AvgIpc) is 3.53. The molecule has 1 aliphatic heterocycles. The van der Waals surface area contributed by atoms with Gasteiger partial charge in [-0.1, -0.05) is 0 Å². The zero-order valence-corrected chi connectivity index (χ0v) is 24.4. The maximum Gasteiger partial charge on any atom is 0.410 e. The molecule has 222 valence electrons. The van der Waals surface area contributed by atoms with E-state index in [-0.39, 0.29) is 35.1 Å². The number of anilines is 2. The van der Waals surface area contributed by atoms with Gasteiger partial charge in [0.2, 0.25) is 0 Å². The fourth-order valence-electron chi connectivity index (χ4n) is 5.82. The Hall–Kier alpha value is -4.22. The van der Waals surface area contributed by atoms with Crippen LogP contribution in [0.25, 0.3) is 16.6 Å². The van der Waals surface area contributed by atoms with Gasteiger partial charge in [-0.2, -0.15) is 5.10 Å². The van der Waals surface area contributed by atoms with Crippen LogP contribution in [0, 0.1) is 18.6 Å². The Morgan fingerprint density at radius 3 is 2.38 bits per heavy atom. The van der Waals surface area contributed by atoms with Crippen LogP contribution < -0.4 is 10.2 Å². The van der Waals surface area contributed by atoms with Crippen LogP contribution in [0.5, 0.6) is 0 Å². The van der Waals surface area contributed by atoms with Crippen molar-refractivity contribution in [3.8, 4) is 0 Å². The topological polar surface area (TPSA) is 97.0 Å². The lowest BCUT2D eigenvalue weighted by Gasteiger charge is -2.40. The van der Waals surface area contributed by atoms with Crippen molar-refractivity contribution in [1.82, 2.24) is 24.1 Å². The first kappa shape index (κ1) is 27.9. The lowest BCUT2D eigenvalue weighted by atomic mass is 10.0. The Bertz CT molecular complexity index is 1690. The van der Waals surface area contributed by atoms with Gasteiger partial charge in [-0.15, -0.1) is 0 Å². The molecule has 12 heteroatoms. The van der Waals surface area contributed by atoms with E-state index in [0.29, 0.717) is 48.2 Å². The molecule has 6 rings (SSSR count). The summed E-state index contributed by atoms with van der Waals surface area (Å²) in [5, 5.41) is 7.68. The van der Waals surface area contributed by atoms with Crippen molar-refractivity contribution < 1.29 is 23.1 Å². The van der Waals surface area contributed by atoms with Crippen molar-refractivity contribution in [2.24, 2.45) is 7.05 Å². The zero-order chi connectivity index (χ0) is 29.9. The highest BCUT2D eigenvalue weighted by Crippen LogP contribution is 2.37. The summed E-state index contributed by atoms with van der Waals surface area (Å²) in [7, 11) is 1.72. The van der Waals surface area contributed by atoms with Crippen LogP contribution in [-0.2, 0) is 11.8 Å². The first-order chi connectivity index (χ1) is 19.9. The van der Waals surface area contributed by atoms with Crippen LogP contribution in [0.2, 0.25) is 0 Å². The molecule has 0 unspecified atom stereocenters. The maximum atomic E-state index is 15.8. The number of carbonyl (C=O) groups is 2. The van der Waals surface area contributed by atoms with Crippen LogP contribution in [-0.4, -0.2) is 66.8 Å². The number of aromatic nitrogens is 4. The van der Waals surface area contributed by atoms with Gasteiger partial charge in [-0.25, -0.2) is 18.6 Å². The van der Waals surface area contributed by atoms with Crippen LogP contribution in [0.1, 0.15) is 62.5 Å². The summed E-state index contributed by atoms with van der Waals surface area (Å²) < 4.78 is 39.2. The summed E-state index contributed by atoms with van der Waals surface area (Å²) in [4.78, 5) is 34.3. The van der Waals surface area contributed by atoms with E-state index in [1.807, 2.05) is 30.6 Å². The predicted molar refractivity (Wildman–Crippen MR) is 155 cm³/mol. The molecule has 1 aromatic carbocycles. The average molecular weight is 580 g/mol. The van der Waals surface area contributed by atoms with Crippen LogP contribution in [0.15, 0.2) is 30.7 Å². The summed E-state index contributed by atoms with van der Waals surface area (Å²) in [6.45, 7) is 8.41. The monoisotopic (exact) mass is 579 g/mol. The molecule has 1 aliphatic carbocycles. The fourth-order valence-corrected chi connectivity index (χ4v) is 5.82. The minimum atomic E-state index is -0.601. The number of hydrogen-bond acceptors (Lipinski definition) is 6. The molecular weight excluding hydrogens is 544 g/mol. The molecule has 1 saturated carbocycles. The Kier molecular flexibility index (Phi) is 6.81. The molecular formula is C30H35F2N7O3. The Balaban J connectivity index is 1.24. The number of nitrogens with one attached hydrogen (secondary N) is 1. The number of carbonyl (C=O) groups excluding carboxylic acids is 2. The minimum Gasteiger partial charge on any atom is -0.444 e. The van der Waals surface area contributed by atoms with E-state index in [1.54, 1.807) is 37.2 Å². The quantitative estimate of drug-likeness (QED) is 0.339. The van der Waals surface area contributed by atoms with Gasteiger partial charge in [-0.3, -0.25) is 9.48 Å². The lowest BCUT2D eigenvalue weighted by molar-refractivity contribution is 0.0113. The number of nitrogens with zero attached hydrogens (tertiary/aromatic N) is 6. The number of piperidine rings is 1. The van der Waals surface area contributed by atoms with E-state index in [1.165, 1.54) is 16.5 Å². The van der Waals surface area contributed by atoms with Crippen molar-refractivity contribution in [3.05, 3.63) is 53.6 Å². The van der Waals surface area contributed by atoms with Gasteiger partial charge in [0.25, 0.3) is 5.91 Å². The molecule has 0 bridgehead atoms. The SMILES string of the molecule is Cc1cn2cc(NC(=O)c3cc(F)c(N4CCC(N(C(=O)OC(C)(C)C)C5CC5)CC4)c4cn(C)nc34)cc(F)c2n1. The smallest absolute Gasteiger partial charge is 0.410 e. The van der Waals surface area contributed by atoms with E-state index >= 15 is 4.39 Å². The Morgan fingerprint density at radius 1 is 1.02 bits per heavy atom. The Labute approximate surface area is 242 Å². The van der Waals surface area contributed by atoms with Gasteiger partial charge in [0.05, 0.1) is 22.6 Å². The number of rotatable bonds is 5. The third-order valence-corrected chi connectivity index (χ3v) is 7.68. The molecule has 1 saturated heterocycles. The van der Waals surface area contributed by atoms with Crippen LogP contribution in [0.4, 0.5) is 25.0 Å². The molecule has 1 N–H and O–H groups in total. The highest BCUT2D eigenvalue weighted by molar-refractivity contribution is 6.14. The molecule has 4 heterocycles. The van der Waals surface area contributed by atoms with Gasteiger partial charge >= 0.3 is 6.09 Å². The molecule has 0 radical (unpaired) electrons. The van der Waals surface area contributed by atoms with Crippen molar-refractivity contribution in [2.75, 3.05) is 23.3 Å². The first-order valence-corrected chi connectivity index (χ1v) is 14.3. The summed E-state index contributed by atoms with van der Waals surface area (Å²) in [6.07, 6.45) is 7.90. The second kappa shape index (κ2) is 10.2. The second-order valence-corrected chi connectivity index (χ2v) is 12.3. The number of pyridine rings is 1. The van der Waals surface area contributed by atoms with Gasteiger partial charge in [0, 0.05) is 62.3 Å². The third kappa shape index (κ3) is 5.37. The van der Waals surface area contributed by atoms with E-state index in [9.17, 15) is 14.0 Å². The number of amides is 2. The van der Waals surface area contributed by atoms with E-state index in [2.05, 4.69) is 15.4 Å². The molecule has 2 aliphatic rings. The maximum absolute atomic E-state index is 15.8. The van der Waals surface area contributed by atoms with Gasteiger partial charge in [0.15, 0.2) is 11.5 Å². The van der Waals surface area contributed by atoms with E-state index < -0.39 is 23.1 Å². The number of halogens is 2. The molecule has 4 aromatic rings. The number of ether oxygens (including phenoxy) is 1. The molecule has 42 heavy (non-hydrogen) atoms. The normalized spacial score (nSPS) is 16.3. The number of hydrogen-bond donors (Lipinski definition) is 1. The number of imidazole rings is 1. The summed E-state index contributed by atoms with van der Waals surface area (Å²) in [5.41, 5.74) is 1.21. The molecule has 2 amide bonds. The highest BCUT2D eigenvalue weighted by atomic mass is 19.1. The molecule has 0 atom stereocenters. The lowest BCUT2D eigenvalue weighted by Crippen LogP contribution is -2.50. The molecule has 3 aromatic heterocycles. The number of aryl methyl sites for hydroxylation is 2. The third-order valence-electron chi connectivity index (χ3n) is 7.68. The van der Waals surface area contributed by atoms with E-state index in [4.69, 9.17) is 4.74 Å². The van der Waals surface area contributed by atoms with Gasteiger partial charge in [-0.05, 0) is 59.4 Å². The van der Waals surface area contributed by atoms with Crippen molar-refractivity contribution in [1.29, 1.82) is 0 Å². The minimum absolute atomic E-state index is 0.0121. The summed E-state index contributed by atoms with van der Waals surface area (Å²) in [6, 6.07) is 2.59. The molecule has 0 spiro atoms. The van der Waals surface area contributed by atoms with Gasteiger partial charge in [0.1, 0.15) is 16.9 Å². The zero-order valence-electron chi connectivity index (χ0n) is 24.4. The summed E-state index contributed by atoms with van der Waals surface area (Å²) in [5.74, 6) is -1.73. The number of fused-ring (bicyclic) bond motifs is 2. The largest absolute Gasteiger partial charge is 0.444 e. The molecule has 10 nitrogen and oxygen atoms in total. The van der Waals surface area contributed by atoms with Crippen LogP contribution >= 0.6 is 0 Å². The number of benzene rings is 1. The van der Waals surface area contributed by atoms with Crippen molar-refractivity contribution >= 4 is 39.9 Å². The second-order valence-electron chi connectivity index (χ2n) is 12.3. The van der Waals surface area contributed by atoms with E-state index in [0.717, 1.165) is 12.8 Å². The fraction of sp³-hybridized carbons (Fsp3) is 0.467. The summed E-state index contributed by atoms with van der Waals surface area (Å²) >= 11 is 0. The van der Waals surface area contributed by atoms with Crippen molar-refractivity contribution in [3.63, 3.8) is 0 Å². The predicted octanol–water partition coefficient (Wildman–Crippen LogP) is 5.43. The highest BCUT2D eigenvalue weighted by Gasteiger charge is 2.41. The Morgan fingerprint density at radius 2 is 1.71 bits per heavy atom. The molecule has 2 fully saturated rings. The van der Waals surface area contributed by atoms with Crippen LogP contribution in [0.3, 0.4) is 0 Å². The van der Waals surface area contributed by atoms with Crippen molar-refractivity contribution in [2.45, 2.75) is 71.1 Å².